The van der Waals surface area contributed by atoms with E-state index in [4.69, 9.17) is 25.8 Å². The van der Waals surface area contributed by atoms with E-state index in [1.807, 2.05) is 32.0 Å². The van der Waals surface area contributed by atoms with Gasteiger partial charge in [-0.15, -0.1) is 0 Å². The minimum Gasteiger partial charge on any atom is -0.492 e. The van der Waals surface area contributed by atoms with Crippen molar-refractivity contribution in [2.24, 2.45) is 0 Å². The van der Waals surface area contributed by atoms with Gasteiger partial charge in [0.15, 0.2) is 6.29 Å². The minimum absolute atomic E-state index is 0.00834. The van der Waals surface area contributed by atoms with Crippen LogP contribution in [0.1, 0.15) is 13.8 Å². The van der Waals surface area contributed by atoms with Crippen molar-refractivity contribution in [3.63, 3.8) is 0 Å². The molecule has 0 heterocycles. The number of halogens is 1. The summed E-state index contributed by atoms with van der Waals surface area (Å²) in [5.41, 5.74) is 0.898. The van der Waals surface area contributed by atoms with E-state index in [0.717, 1.165) is 5.69 Å². The van der Waals surface area contributed by atoms with Gasteiger partial charge in [-0.05, 0) is 32.0 Å². The Bertz CT molecular complexity index is 369. The minimum atomic E-state index is -0.310. The maximum absolute atomic E-state index is 6.11. The second-order valence-electron chi connectivity index (χ2n) is 3.85. The first-order valence-electron chi connectivity index (χ1n) is 5.86. The van der Waals surface area contributed by atoms with Crippen LogP contribution in [0.15, 0.2) is 18.2 Å². The molecule has 0 saturated carbocycles. The Balaban J connectivity index is 2.70. The highest BCUT2D eigenvalue weighted by Gasteiger charge is 2.15. The standard InChI is InChI=1S/C13H20ClNO3/c1-5-18-12-7-6-10(8-11(12)14)15-9(2)13(16-3)17-4/h6-9,13,15H,5H2,1-4H3. The van der Waals surface area contributed by atoms with Crippen molar-refractivity contribution in [2.75, 3.05) is 26.1 Å². The smallest absolute Gasteiger partial charge is 0.176 e. The van der Waals surface area contributed by atoms with Crippen LogP contribution in [0, 0.1) is 0 Å². The Morgan fingerprint density at radius 2 is 1.94 bits per heavy atom. The topological polar surface area (TPSA) is 39.7 Å². The predicted molar refractivity (Wildman–Crippen MR) is 73.5 cm³/mol. The van der Waals surface area contributed by atoms with E-state index >= 15 is 0 Å². The molecule has 0 radical (unpaired) electrons. The zero-order valence-corrected chi connectivity index (χ0v) is 12.0. The molecule has 0 aliphatic rings. The molecule has 0 saturated heterocycles. The van der Waals surface area contributed by atoms with Crippen LogP contribution in [0.25, 0.3) is 0 Å². The largest absolute Gasteiger partial charge is 0.492 e. The average Bonchev–Trinajstić information content (AvgIpc) is 2.34. The Kier molecular flexibility index (Phi) is 6.25. The quantitative estimate of drug-likeness (QED) is 0.775. The maximum atomic E-state index is 6.11. The van der Waals surface area contributed by atoms with Crippen molar-refractivity contribution in [3.8, 4) is 5.75 Å². The van der Waals surface area contributed by atoms with E-state index in [1.54, 1.807) is 14.2 Å². The van der Waals surface area contributed by atoms with Crippen LogP contribution in [0.4, 0.5) is 5.69 Å². The molecule has 0 aliphatic heterocycles. The SMILES string of the molecule is CCOc1ccc(NC(C)C(OC)OC)cc1Cl. The van der Waals surface area contributed by atoms with Crippen LogP contribution in [0.5, 0.6) is 5.75 Å². The van der Waals surface area contributed by atoms with Crippen LogP contribution in [0.3, 0.4) is 0 Å². The number of ether oxygens (including phenoxy) is 3. The number of methoxy groups -OCH3 is 2. The Hall–Kier alpha value is -0.970. The molecular weight excluding hydrogens is 254 g/mol. The van der Waals surface area contributed by atoms with Crippen LogP contribution >= 0.6 is 11.6 Å². The van der Waals surface area contributed by atoms with E-state index < -0.39 is 0 Å². The highest BCUT2D eigenvalue weighted by Crippen LogP contribution is 2.28. The van der Waals surface area contributed by atoms with Crippen LogP contribution in [0.2, 0.25) is 5.02 Å². The summed E-state index contributed by atoms with van der Waals surface area (Å²) in [5, 5.41) is 3.85. The van der Waals surface area contributed by atoms with Crippen LogP contribution < -0.4 is 10.1 Å². The monoisotopic (exact) mass is 273 g/mol. The molecule has 1 rings (SSSR count). The summed E-state index contributed by atoms with van der Waals surface area (Å²) in [7, 11) is 3.22. The van der Waals surface area contributed by atoms with Gasteiger partial charge >= 0.3 is 0 Å². The number of hydrogen-bond donors (Lipinski definition) is 1. The fourth-order valence-corrected chi connectivity index (χ4v) is 1.93. The molecule has 0 fully saturated rings. The zero-order chi connectivity index (χ0) is 13.5. The third-order valence-corrected chi connectivity index (χ3v) is 2.79. The lowest BCUT2D eigenvalue weighted by molar-refractivity contribution is -0.109. The summed E-state index contributed by atoms with van der Waals surface area (Å²) in [5.74, 6) is 0.687. The average molecular weight is 274 g/mol. The second kappa shape index (κ2) is 7.46. The first kappa shape index (κ1) is 15.1. The van der Waals surface area contributed by atoms with Crippen molar-refractivity contribution in [1.29, 1.82) is 0 Å². The molecule has 0 amide bonds. The van der Waals surface area contributed by atoms with Crippen molar-refractivity contribution in [1.82, 2.24) is 0 Å². The van der Waals surface area contributed by atoms with Gasteiger partial charge in [-0.1, -0.05) is 11.6 Å². The van der Waals surface area contributed by atoms with Crippen molar-refractivity contribution < 1.29 is 14.2 Å². The van der Waals surface area contributed by atoms with E-state index in [9.17, 15) is 0 Å². The molecular formula is C13H20ClNO3. The van der Waals surface area contributed by atoms with Gasteiger partial charge < -0.3 is 19.5 Å². The first-order valence-corrected chi connectivity index (χ1v) is 6.24. The summed E-state index contributed by atoms with van der Waals surface area (Å²) in [6.45, 7) is 4.49. The van der Waals surface area contributed by atoms with Gasteiger partial charge in [-0.25, -0.2) is 0 Å². The number of hydrogen-bond acceptors (Lipinski definition) is 4. The van der Waals surface area contributed by atoms with Gasteiger partial charge in [0, 0.05) is 19.9 Å². The molecule has 1 unspecified atom stereocenters. The van der Waals surface area contributed by atoms with E-state index in [0.29, 0.717) is 17.4 Å². The lowest BCUT2D eigenvalue weighted by Gasteiger charge is -2.23. The molecule has 0 aliphatic carbocycles. The van der Waals surface area contributed by atoms with Gasteiger partial charge in [0.1, 0.15) is 5.75 Å². The molecule has 0 bridgehead atoms. The van der Waals surface area contributed by atoms with E-state index in [2.05, 4.69) is 5.32 Å². The van der Waals surface area contributed by atoms with Gasteiger partial charge in [-0.3, -0.25) is 0 Å². The number of benzene rings is 1. The molecule has 0 spiro atoms. The number of rotatable bonds is 7. The summed E-state index contributed by atoms with van der Waals surface area (Å²) < 4.78 is 15.7. The lowest BCUT2D eigenvalue weighted by atomic mass is 10.2. The van der Waals surface area contributed by atoms with Gasteiger partial charge in [0.25, 0.3) is 0 Å². The molecule has 18 heavy (non-hydrogen) atoms. The Morgan fingerprint density at radius 1 is 1.28 bits per heavy atom. The molecule has 5 heteroatoms. The Morgan fingerprint density at radius 3 is 2.44 bits per heavy atom. The van der Waals surface area contributed by atoms with E-state index in [1.165, 1.54) is 0 Å². The highest BCUT2D eigenvalue weighted by molar-refractivity contribution is 6.32. The van der Waals surface area contributed by atoms with Gasteiger partial charge in [0.05, 0.1) is 17.7 Å². The fraction of sp³-hybridized carbons (Fsp3) is 0.538. The molecule has 1 N–H and O–H groups in total. The van der Waals surface area contributed by atoms with Gasteiger partial charge in [0.2, 0.25) is 0 Å². The molecule has 1 atom stereocenters. The number of anilines is 1. The molecule has 0 aromatic heterocycles. The summed E-state index contributed by atoms with van der Waals surface area (Å²) in [6, 6.07) is 5.59. The first-order chi connectivity index (χ1) is 8.62. The maximum Gasteiger partial charge on any atom is 0.176 e. The third kappa shape index (κ3) is 4.05. The summed E-state index contributed by atoms with van der Waals surface area (Å²) in [4.78, 5) is 0. The Labute approximate surface area is 113 Å². The third-order valence-electron chi connectivity index (χ3n) is 2.50. The molecule has 1 aromatic carbocycles. The van der Waals surface area contributed by atoms with Crippen molar-refractivity contribution in [3.05, 3.63) is 23.2 Å². The van der Waals surface area contributed by atoms with Crippen molar-refractivity contribution >= 4 is 17.3 Å². The second-order valence-corrected chi connectivity index (χ2v) is 4.26. The molecule has 102 valence electrons. The molecule has 4 nitrogen and oxygen atoms in total. The number of nitrogens with one attached hydrogen (secondary N) is 1. The highest BCUT2D eigenvalue weighted by atomic mass is 35.5. The zero-order valence-electron chi connectivity index (χ0n) is 11.2. The lowest BCUT2D eigenvalue weighted by Crippen LogP contribution is -2.33. The van der Waals surface area contributed by atoms with Crippen LogP contribution in [-0.2, 0) is 9.47 Å². The fourth-order valence-electron chi connectivity index (χ4n) is 1.70. The summed E-state index contributed by atoms with van der Waals surface area (Å²) >= 11 is 6.11. The normalized spacial score (nSPS) is 12.6. The van der Waals surface area contributed by atoms with Gasteiger partial charge in [-0.2, -0.15) is 0 Å². The predicted octanol–water partition coefficient (Wildman–Crippen LogP) is 3.16. The van der Waals surface area contributed by atoms with Crippen LogP contribution in [-0.4, -0.2) is 33.2 Å². The van der Waals surface area contributed by atoms with Crippen molar-refractivity contribution in [2.45, 2.75) is 26.2 Å². The summed E-state index contributed by atoms with van der Waals surface area (Å²) in [6.07, 6.45) is -0.310. The molecule has 1 aromatic rings. The van der Waals surface area contributed by atoms with E-state index in [-0.39, 0.29) is 12.3 Å².